The molecule has 7 nitrogen and oxygen atoms in total. The second-order valence-electron chi connectivity index (χ2n) is 9.14. The van der Waals surface area contributed by atoms with Gasteiger partial charge in [0.1, 0.15) is 0 Å². The first-order valence-electron chi connectivity index (χ1n) is 10.9. The average Bonchev–Trinajstić information content (AvgIpc) is 3.33. The highest BCUT2D eigenvalue weighted by Crippen LogP contribution is 2.36. The number of likely N-dealkylation sites (tertiary alicyclic amines) is 1. The Kier molecular flexibility index (Phi) is 6.09. The summed E-state index contributed by atoms with van der Waals surface area (Å²) in [6, 6.07) is 16.4. The fourth-order valence-electron chi connectivity index (χ4n) is 4.51. The van der Waals surface area contributed by atoms with Crippen LogP contribution in [-0.4, -0.2) is 50.5 Å². The van der Waals surface area contributed by atoms with Crippen molar-refractivity contribution in [3.05, 3.63) is 65.7 Å². The van der Waals surface area contributed by atoms with Gasteiger partial charge in [-0.25, -0.2) is 12.7 Å². The Morgan fingerprint density at radius 1 is 1.06 bits per heavy atom. The first kappa shape index (κ1) is 22.5. The normalized spacial score (nSPS) is 20.9. The summed E-state index contributed by atoms with van der Waals surface area (Å²) in [6.45, 7) is 5.67. The van der Waals surface area contributed by atoms with Crippen molar-refractivity contribution in [3.63, 3.8) is 0 Å². The predicted octanol–water partition coefficient (Wildman–Crippen LogP) is 2.96. The van der Waals surface area contributed by atoms with Gasteiger partial charge in [-0.15, -0.1) is 0 Å². The van der Waals surface area contributed by atoms with Gasteiger partial charge in [-0.2, -0.15) is 0 Å². The summed E-state index contributed by atoms with van der Waals surface area (Å²) < 4.78 is 26.0. The molecule has 170 valence electrons. The molecule has 2 heterocycles. The monoisotopic (exact) mass is 455 g/mol. The highest BCUT2D eigenvalue weighted by atomic mass is 32.2. The molecule has 0 aliphatic carbocycles. The molecule has 1 atom stereocenters. The fraction of sp³-hybridized carbons (Fsp3) is 0.417. The molecule has 2 saturated heterocycles. The lowest BCUT2D eigenvalue weighted by atomic mass is 9.95. The van der Waals surface area contributed by atoms with E-state index in [9.17, 15) is 18.0 Å². The predicted molar refractivity (Wildman–Crippen MR) is 124 cm³/mol. The molecule has 2 aromatic rings. The number of hydrogen-bond donors (Lipinski definition) is 1. The van der Waals surface area contributed by atoms with Crippen molar-refractivity contribution in [3.8, 4) is 0 Å². The molecular formula is C24H29N3O4S. The van der Waals surface area contributed by atoms with Crippen LogP contribution < -0.4 is 9.62 Å². The third kappa shape index (κ3) is 4.42. The number of carbonyl (C=O) groups excluding carboxylic acids is 2. The lowest BCUT2D eigenvalue weighted by Crippen LogP contribution is -2.37. The van der Waals surface area contributed by atoms with Crippen molar-refractivity contribution >= 4 is 27.5 Å². The van der Waals surface area contributed by atoms with Crippen molar-refractivity contribution in [2.75, 3.05) is 29.7 Å². The molecule has 32 heavy (non-hydrogen) atoms. The highest BCUT2D eigenvalue weighted by Gasteiger charge is 2.50. The minimum absolute atomic E-state index is 0.0761. The highest BCUT2D eigenvalue weighted by molar-refractivity contribution is 7.94. The van der Waals surface area contributed by atoms with Crippen LogP contribution in [0.15, 0.2) is 54.6 Å². The number of sulfonamides is 1. The van der Waals surface area contributed by atoms with Crippen LogP contribution in [0.25, 0.3) is 0 Å². The van der Waals surface area contributed by atoms with E-state index < -0.39 is 21.3 Å². The van der Waals surface area contributed by atoms with Crippen LogP contribution in [0.2, 0.25) is 0 Å². The molecule has 8 heteroatoms. The van der Waals surface area contributed by atoms with Crippen molar-refractivity contribution in [1.82, 2.24) is 10.2 Å². The molecule has 2 fully saturated rings. The summed E-state index contributed by atoms with van der Waals surface area (Å²) >= 11 is 0. The maximum atomic E-state index is 13.0. The summed E-state index contributed by atoms with van der Waals surface area (Å²) in [7, 11) is -3.77. The van der Waals surface area contributed by atoms with Crippen molar-refractivity contribution in [2.24, 2.45) is 5.41 Å². The van der Waals surface area contributed by atoms with Crippen LogP contribution >= 0.6 is 0 Å². The van der Waals surface area contributed by atoms with Crippen LogP contribution in [0.5, 0.6) is 0 Å². The van der Waals surface area contributed by atoms with Gasteiger partial charge in [-0.1, -0.05) is 36.4 Å². The number of rotatable bonds is 6. The quantitative estimate of drug-likeness (QED) is 0.724. The van der Waals surface area contributed by atoms with Crippen molar-refractivity contribution in [1.29, 1.82) is 0 Å². The van der Waals surface area contributed by atoms with Crippen LogP contribution in [0.4, 0.5) is 5.69 Å². The van der Waals surface area contributed by atoms with Gasteiger partial charge in [0, 0.05) is 12.1 Å². The molecule has 0 spiro atoms. The second-order valence-corrected chi connectivity index (χ2v) is 11.0. The third-order valence-corrected chi connectivity index (χ3v) is 8.17. The number of anilines is 1. The third-order valence-electron chi connectivity index (χ3n) is 6.15. The topological polar surface area (TPSA) is 86.8 Å². The molecule has 1 unspecified atom stereocenters. The summed E-state index contributed by atoms with van der Waals surface area (Å²) in [4.78, 5) is 28.0. The van der Waals surface area contributed by atoms with Crippen LogP contribution in [0.3, 0.4) is 0 Å². The molecule has 2 amide bonds. The molecule has 1 N–H and O–H groups in total. The van der Waals surface area contributed by atoms with Gasteiger partial charge in [-0.3, -0.25) is 14.5 Å². The summed E-state index contributed by atoms with van der Waals surface area (Å²) in [5.41, 5.74) is 0.686. The molecule has 4 rings (SSSR count). The number of hydrogen-bond acceptors (Lipinski definition) is 5. The molecule has 0 aromatic heterocycles. The zero-order valence-electron chi connectivity index (χ0n) is 18.5. The standard InChI is InChI=1S/C24H29N3O4S/c1-24(2)17-32(30,31)27(23(24)29)20-12-8-11-19(15-20)22(28)25-16-21(26-13-6-7-14-26)18-9-4-3-5-10-18/h3-5,8-12,15,21H,6-7,13-14,16-17H2,1-2H3,(H,25,28). The van der Waals surface area contributed by atoms with Gasteiger partial charge < -0.3 is 5.32 Å². The van der Waals surface area contributed by atoms with E-state index >= 15 is 0 Å². The summed E-state index contributed by atoms with van der Waals surface area (Å²) in [6.07, 6.45) is 2.29. The lowest BCUT2D eigenvalue weighted by Gasteiger charge is -2.28. The first-order chi connectivity index (χ1) is 15.2. The van der Waals surface area contributed by atoms with Gasteiger partial charge in [0.2, 0.25) is 15.9 Å². The SMILES string of the molecule is CC1(C)CS(=O)(=O)N(c2cccc(C(=O)NCC(c3ccccc3)N3CCCC3)c2)C1=O. The molecular weight excluding hydrogens is 426 g/mol. The van der Waals surface area contributed by atoms with Crippen molar-refractivity contribution < 1.29 is 18.0 Å². The van der Waals surface area contributed by atoms with E-state index in [1.54, 1.807) is 32.0 Å². The zero-order valence-corrected chi connectivity index (χ0v) is 19.3. The van der Waals surface area contributed by atoms with Crippen LogP contribution in [-0.2, 0) is 14.8 Å². The van der Waals surface area contributed by atoms with E-state index in [1.165, 1.54) is 6.07 Å². The Morgan fingerprint density at radius 2 is 1.75 bits per heavy atom. The van der Waals surface area contributed by atoms with Gasteiger partial charge >= 0.3 is 0 Å². The van der Waals surface area contributed by atoms with Crippen molar-refractivity contribution in [2.45, 2.75) is 32.7 Å². The largest absolute Gasteiger partial charge is 0.350 e. The van der Waals surface area contributed by atoms with Gasteiger partial charge in [0.25, 0.3) is 5.91 Å². The summed E-state index contributed by atoms with van der Waals surface area (Å²) in [5.74, 6) is -1.02. The molecule has 2 aliphatic rings. The maximum absolute atomic E-state index is 13.0. The minimum atomic E-state index is -3.77. The lowest BCUT2D eigenvalue weighted by molar-refractivity contribution is -0.123. The molecule has 2 aliphatic heterocycles. The number of nitrogens with one attached hydrogen (secondary N) is 1. The van der Waals surface area contributed by atoms with E-state index in [-0.39, 0.29) is 23.4 Å². The Morgan fingerprint density at radius 3 is 2.38 bits per heavy atom. The summed E-state index contributed by atoms with van der Waals surface area (Å²) in [5, 5.41) is 3.01. The number of benzene rings is 2. The maximum Gasteiger partial charge on any atom is 0.251 e. The van der Waals surface area contributed by atoms with E-state index in [0.717, 1.165) is 35.8 Å². The van der Waals surface area contributed by atoms with E-state index in [1.807, 2.05) is 18.2 Å². The number of carbonyl (C=O) groups is 2. The Hall–Kier alpha value is -2.71. The smallest absolute Gasteiger partial charge is 0.251 e. The Bertz CT molecular complexity index is 1110. The molecule has 0 bridgehead atoms. The minimum Gasteiger partial charge on any atom is -0.350 e. The molecule has 2 aromatic carbocycles. The fourth-order valence-corrected chi connectivity index (χ4v) is 6.61. The average molecular weight is 456 g/mol. The van der Waals surface area contributed by atoms with Gasteiger partial charge in [-0.05, 0) is 63.5 Å². The number of amides is 2. The Labute approximate surface area is 189 Å². The molecule has 0 saturated carbocycles. The second kappa shape index (κ2) is 8.67. The van der Waals surface area contributed by atoms with E-state index in [0.29, 0.717) is 12.1 Å². The zero-order chi connectivity index (χ0) is 22.9. The van der Waals surface area contributed by atoms with Crippen LogP contribution in [0.1, 0.15) is 48.7 Å². The Balaban J connectivity index is 1.52. The van der Waals surface area contributed by atoms with E-state index in [4.69, 9.17) is 0 Å². The molecule has 0 radical (unpaired) electrons. The van der Waals surface area contributed by atoms with E-state index in [2.05, 4.69) is 22.3 Å². The van der Waals surface area contributed by atoms with Gasteiger partial charge in [0.15, 0.2) is 0 Å². The van der Waals surface area contributed by atoms with Crippen LogP contribution in [0, 0.1) is 5.41 Å². The first-order valence-corrected chi connectivity index (χ1v) is 12.5. The van der Waals surface area contributed by atoms with Gasteiger partial charge in [0.05, 0.1) is 22.9 Å². The number of nitrogens with zero attached hydrogens (tertiary/aromatic N) is 2.